The number of thiol groups is 1. The van der Waals surface area contributed by atoms with E-state index in [0.29, 0.717) is 6.42 Å². The van der Waals surface area contributed by atoms with Crippen LogP contribution >= 0.6 is 24.4 Å². The van der Waals surface area contributed by atoms with Crippen molar-refractivity contribution in [2.45, 2.75) is 37.4 Å². The molecule has 1 aromatic carbocycles. The van der Waals surface area contributed by atoms with Gasteiger partial charge in [0.2, 0.25) is 5.91 Å². The molecule has 0 radical (unpaired) electrons. The highest BCUT2D eigenvalue weighted by Crippen LogP contribution is 2.08. The van der Waals surface area contributed by atoms with Crippen LogP contribution in [0.4, 0.5) is 0 Å². The van der Waals surface area contributed by atoms with Gasteiger partial charge in [-0.25, -0.2) is 0 Å². The fourth-order valence-electron chi connectivity index (χ4n) is 1.98. The number of unbranched alkanes of at least 4 members (excludes halogenated alkanes) is 3. The van der Waals surface area contributed by atoms with Crippen molar-refractivity contribution in [1.82, 2.24) is 5.32 Å². The largest absolute Gasteiger partial charge is 0.355 e. The zero-order valence-electron chi connectivity index (χ0n) is 12.2. The summed E-state index contributed by atoms with van der Waals surface area (Å²) in [7, 11) is 0. The molecule has 0 saturated heterocycles. The maximum Gasteiger partial charge on any atom is 0.233 e. The number of hydrogen-bond acceptors (Lipinski definition) is 3. The molecule has 0 aliphatic carbocycles. The Bertz CT molecular complexity index is 370. The van der Waals surface area contributed by atoms with E-state index < -0.39 is 0 Å². The number of carbonyl (C=O) groups is 1. The minimum absolute atomic E-state index is 0.0429. The Morgan fingerprint density at radius 3 is 2.60 bits per heavy atom. The van der Waals surface area contributed by atoms with Crippen LogP contribution in [0.15, 0.2) is 30.3 Å². The van der Waals surface area contributed by atoms with Crippen LogP contribution in [0.5, 0.6) is 0 Å². The Hall–Kier alpha value is -0.610. The first-order valence-electron chi connectivity index (χ1n) is 7.22. The molecule has 1 unspecified atom stereocenters. The highest BCUT2D eigenvalue weighted by Gasteiger charge is 2.13. The van der Waals surface area contributed by atoms with Gasteiger partial charge in [-0.3, -0.25) is 4.79 Å². The monoisotopic (exact) mass is 311 g/mol. The van der Waals surface area contributed by atoms with E-state index in [1.165, 1.54) is 25.0 Å². The molecular weight excluding hydrogens is 286 g/mol. The van der Waals surface area contributed by atoms with Crippen LogP contribution in [-0.4, -0.2) is 29.7 Å². The van der Waals surface area contributed by atoms with Crippen molar-refractivity contribution in [1.29, 1.82) is 0 Å². The highest BCUT2D eigenvalue weighted by molar-refractivity contribution is 7.98. The maximum atomic E-state index is 11.9. The van der Waals surface area contributed by atoms with Gasteiger partial charge < -0.3 is 5.32 Å². The van der Waals surface area contributed by atoms with Crippen LogP contribution in [-0.2, 0) is 11.2 Å². The Morgan fingerprint density at radius 2 is 1.90 bits per heavy atom. The summed E-state index contributed by atoms with van der Waals surface area (Å²) < 4.78 is 0. The number of benzene rings is 1. The van der Waals surface area contributed by atoms with Gasteiger partial charge in [0.1, 0.15) is 0 Å². The van der Waals surface area contributed by atoms with Crippen LogP contribution < -0.4 is 5.32 Å². The summed E-state index contributed by atoms with van der Waals surface area (Å²) in [6, 6.07) is 10.0. The van der Waals surface area contributed by atoms with E-state index in [0.717, 1.165) is 18.5 Å². The lowest BCUT2D eigenvalue weighted by atomic mass is 10.1. The molecule has 1 rings (SSSR count). The summed E-state index contributed by atoms with van der Waals surface area (Å²) in [4.78, 5) is 11.9. The second kappa shape index (κ2) is 11.1. The lowest BCUT2D eigenvalue weighted by molar-refractivity contribution is -0.120. The average Bonchev–Trinajstić information content (AvgIpc) is 2.47. The minimum Gasteiger partial charge on any atom is -0.355 e. The number of thioether (sulfide) groups is 1. The van der Waals surface area contributed by atoms with E-state index in [1.807, 2.05) is 42.1 Å². The van der Waals surface area contributed by atoms with Crippen LogP contribution in [0.2, 0.25) is 0 Å². The predicted molar refractivity (Wildman–Crippen MR) is 92.8 cm³/mol. The van der Waals surface area contributed by atoms with Gasteiger partial charge in [0, 0.05) is 6.54 Å². The summed E-state index contributed by atoms with van der Waals surface area (Å²) in [6.45, 7) is 0.768. The summed E-state index contributed by atoms with van der Waals surface area (Å²) in [6.07, 6.45) is 7.61. The second-order valence-corrected chi connectivity index (χ2v) is 6.51. The van der Waals surface area contributed by atoms with Crippen molar-refractivity contribution in [2.24, 2.45) is 0 Å². The molecule has 0 fully saturated rings. The van der Waals surface area contributed by atoms with E-state index in [4.69, 9.17) is 0 Å². The van der Waals surface area contributed by atoms with E-state index in [9.17, 15) is 4.79 Å². The van der Waals surface area contributed by atoms with Crippen LogP contribution in [0.3, 0.4) is 0 Å². The number of amides is 1. The van der Waals surface area contributed by atoms with Gasteiger partial charge in [-0.2, -0.15) is 24.4 Å². The Balaban J connectivity index is 2.10. The van der Waals surface area contributed by atoms with Crippen molar-refractivity contribution in [3.63, 3.8) is 0 Å². The van der Waals surface area contributed by atoms with Crippen molar-refractivity contribution in [3.8, 4) is 0 Å². The summed E-state index contributed by atoms with van der Waals surface area (Å²) in [5, 5.41) is 2.72. The molecule has 112 valence electrons. The third-order valence-electron chi connectivity index (χ3n) is 3.15. The number of carbonyl (C=O) groups excluding carboxylic acids is 1. The Labute approximate surface area is 132 Å². The molecule has 4 heteroatoms. The Kier molecular flexibility index (Phi) is 9.67. The molecular formula is C16H25NOS2. The molecule has 0 aliphatic heterocycles. The lowest BCUT2D eigenvalue weighted by Gasteiger charge is -2.11. The lowest BCUT2D eigenvalue weighted by Crippen LogP contribution is -2.33. The van der Waals surface area contributed by atoms with Crippen LogP contribution in [0.25, 0.3) is 0 Å². The molecule has 1 atom stereocenters. The van der Waals surface area contributed by atoms with Gasteiger partial charge in [-0.15, -0.1) is 0 Å². The highest BCUT2D eigenvalue weighted by atomic mass is 32.2. The normalized spacial score (nSPS) is 12.1. The van der Waals surface area contributed by atoms with Crippen molar-refractivity contribution in [3.05, 3.63) is 35.9 Å². The molecule has 20 heavy (non-hydrogen) atoms. The van der Waals surface area contributed by atoms with Gasteiger partial charge in [0.15, 0.2) is 0 Å². The quantitative estimate of drug-likeness (QED) is 0.511. The standard InChI is InChI=1S/C16H25NOS2/c1-20-12-8-3-2-7-11-17-16(18)15(19)13-14-9-5-4-6-10-14/h4-6,9-10,15,19H,2-3,7-8,11-13H2,1H3,(H,17,18). The number of hydrogen-bond donors (Lipinski definition) is 2. The number of nitrogens with one attached hydrogen (secondary N) is 1. The van der Waals surface area contributed by atoms with Gasteiger partial charge >= 0.3 is 0 Å². The van der Waals surface area contributed by atoms with Crippen molar-refractivity contribution in [2.75, 3.05) is 18.6 Å². The zero-order valence-corrected chi connectivity index (χ0v) is 13.9. The molecule has 0 aliphatic rings. The van der Waals surface area contributed by atoms with Gasteiger partial charge in [-0.1, -0.05) is 43.2 Å². The minimum atomic E-state index is -0.256. The summed E-state index contributed by atoms with van der Waals surface area (Å²) in [5.74, 6) is 1.28. The average molecular weight is 312 g/mol. The first-order chi connectivity index (χ1) is 9.74. The van der Waals surface area contributed by atoms with Gasteiger partial charge in [-0.05, 0) is 36.8 Å². The first kappa shape index (κ1) is 17.4. The SMILES string of the molecule is CSCCCCCCNC(=O)C(S)Cc1ccccc1. The fourth-order valence-corrected chi connectivity index (χ4v) is 2.78. The smallest absolute Gasteiger partial charge is 0.233 e. The van der Waals surface area contributed by atoms with E-state index >= 15 is 0 Å². The van der Waals surface area contributed by atoms with Gasteiger partial charge in [0.25, 0.3) is 0 Å². The van der Waals surface area contributed by atoms with Crippen molar-refractivity contribution < 1.29 is 4.79 Å². The first-order valence-corrected chi connectivity index (χ1v) is 9.13. The number of rotatable bonds is 10. The molecule has 2 nitrogen and oxygen atoms in total. The molecule has 1 aromatic rings. The third kappa shape index (κ3) is 7.85. The second-order valence-electron chi connectivity index (χ2n) is 4.90. The fraction of sp³-hybridized carbons (Fsp3) is 0.562. The molecule has 1 N–H and O–H groups in total. The zero-order chi connectivity index (χ0) is 14.6. The Morgan fingerprint density at radius 1 is 1.20 bits per heavy atom. The molecule has 0 saturated carbocycles. The molecule has 0 bridgehead atoms. The van der Waals surface area contributed by atoms with Crippen molar-refractivity contribution >= 4 is 30.3 Å². The van der Waals surface area contributed by atoms with Crippen LogP contribution in [0, 0.1) is 0 Å². The van der Waals surface area contributed by atoms with Crippen LogP contribution in [0.1, 0.15) is 31.2 Å². The van der Waals surface area contributed by atoms with E-state index in [1.54, 1.807) is 0 Å². The molecule has 1 amide bonds. The predicted octanol–water partition coefficient (Wildman–Crippen LogP) is 3.57. The molecule has 0 aromatic heterocycles. The van der Waals surface area contributed by atoms with Gasteiger partial charge in [0.05, 0.1) is 5.25 Å². The molecule has 0 heterocycles. The van der Waals surface area contributed by atoms with E-state index in [2.05, 4.69) is 24.2 Å². The van der Waals surface area contributed by atoms with E-state index in [-0.39, 0.29) is 11.2 Å². The topological polar surface area (TPSA) is 29.1 Å². The summed E-state index contributed by atoms with van der Waals surface area (Å²) >= 11 is 6.29. The molecule has 0 spiro atoms. The summed E-state index contributed by atoms with van der Waals surface area (Å²) in [5.41, 5.74) is 1.15. The third-order valence-corrected chi connectivity index (χ3v) is 4.26. The maximum absolute atomic E-state index is 11.9.